The Hall–Kier alpha value is -1.44. The topological polar surface area (TPSA) is 6.48 Å². The van der Waals surface area contributed by atoms with Gasteiger partial charge in [-0.2, -0.15) is 0 Å². The molecule has 0 spiro atoms. The number of anilines is 1. The van der Waals surface area contributed by atoms with E-state index in [4.69, 9.17) is 0 Å². The third kappa shape index (κ3) is 1.60. The highest BCUT2D eigenvalue weighted by Crippen LogP contribution is 2.21. The number of aryl methyl sites for hydroxylation is 2. The largest absolute Gasteiger partial charge is 0.361 e. The highest BCUT2D eigenvalue weighted by atomic mass is 15.3. The molecule has 1 aromatic rings. The molecule has 0 fully saturated rings. The Kier molecular flexibility index (Phi) is 2.20. The first-order valence-corrected chi connectivity index (χ1v) is 4.89. The standard InChI is InChI=1S/C12H16N2/c1-10-4-5-12(8-11(10)2)14-7-6-13(3)9-14/h4-8H,9H2,1-3H3. The zero-order valence-corrected chi connectivity index (χ0v) is 8.99. The molecule has 1 aromatic carbocycles. The predicted octanol–water partition coefficient (Wildman–Crippen LogP) is 2.48. The molecule has 0 saturated carbocycles. The van der Waals surface area contributed by atoms with E-state index < -0.39 is 0 Å². The highest BCUT2D eigenvalue weighted by Gasteiger charge is 2.10. The lowest BCUT2D eigenvalue weighted by Gasteiger charge is -2.19. The first kappa shape index (κ1) is 9.13. The fourth-order valence-electron chi connectivity index (χ4n) is 1.60. The SMILES string of the molecule is Cc1ccc(N2C=CN(C)C2)cc1C. The van der Waals surface area contributed by atoms with Crippen LogP contribution in [-0.4, -0.2) is 18.6 Å². The maximum Gasteiger partial charge on any atom is 0.0938 e. The summed E-state index contributed by atoms with van der Waals surface area (Å²) < 4.78 is 0. The third-order valence-electron chi connectivity index (χ3n) is 2.70. The Balaban J connectivity index is 2.25. The Labute approximate surface area is 85.4 Å². The molecule has 2 nitrogen and oxygen atoms in total. The molecule has 1 aliphatic rings. The molecule has 74 valence electrons. The minimum atomic E-state index is 0.947. The summed E-state index contributed by atoms with van der Waals surface area (Å²) in [5, 5.41) is 0. The van der Waals surface area contributed by atoms with E-state index in [1.807, 2.05) is 0 Å². The van der Waals surface area contributed by atoms with Gasteiger partial charge in [-0.1, -0.05) is 6.07 Å². The molecule has 0 bridgehead atoms. The van der Waals surface area contributed by atoms with Gasteiger partial charge in [-0.15, -0.1) is 0 Å². The van der Waals surface area contributed by atoms with Gasteiger partial charge in [0, 0.05) is 25.1 Å². The van der Waals surface area contributed by atoms with Crippen molar-refractivity contribution >= 4 is 5.69 Å². The van der Waals surface area contributed by atoms with E-state index >= 15 is 0 Å². The van der Waals surface area contributed by atoms with Crippen LogP contribution in [0.15, 0.2) is 30.6 Å². The van der Waals surface area contributed by atoms with Crippen LogP contribution in [0, 0.1) is 13.8 Å². The molecule has 0 atom stereocenters. The van der Waals surface area contributed by atoms with Crippen LogP contribution in [0.1, 0.15) is 11.1 Å². The molecule has 0 radical (unpaired) electrons. The second-order valence-electron chi connectivity index (χ2n) is 3.93. The lowest BCUT2D eigenvalue weighted by Crippen LogP contribution is -2.21. The van der Waals surface area contributed by atoms with E-state index in [2.05, 4.69) is 61.3 Å². The molecular weight excluding hydrogens is 172 g/mol. The van der Waals surface area contributed by atoms with Crippen LogP contribution in [0.5, 0.6) is 0 Å². The molecule has 1 aliphatic heterocycles. The number of nitrogens with zero attached hydrogens (tertiary/aromatic N) is 2. The predicted molar refractivity (Wildman–Crippen MR) is 60.2 cm³/mol. The second-order valence-corrected chi connectivity index (χ2v) is 3.93. The van der Waals surface area contributed by atoms with Crippen LogP contribution in [0.4, 0.5) is 5.69 Å². The fourth-order valence-corrected chi connectivity index (χ4v) is 1.60. The van der Waals surface area contributed by atoms with Gasteiger partial charge >= 0.3 is 0 Å². The number of hydrogen-bond donors (Lipinski definition) is 0. The van der Waals surface area contributed by atoms with Crippen molar-refractivity contribution in [2.24, 2.45) is 0 Å². The molecule has 2 rings (SSSR count). The monoisotopic (exact) mass is 188 g/mol. The van der Waals surface area contributed by atoms with Crippen LogP contribution in [0.3, 0.4) is 0 Å². The van der Waals surface area contributed by atoms with E-state index in [0.717, 1.165) is 6.67 Å². The average molecular weight is 188 g/mol. The van der Waals surface area contributed by atoms with E-state index in [0.29, 0.717) is 0 Å². The minimum absolute atomic E-state index is 0.947. The van der Waals surface area contributed by atoms with Crippen LogP contribution in [0.2, 0.25) is 0 Å². The normalized spacial score (nSPS) is 15.4. The highest BCUT2D eigenvalue weighted by molar-refractivity contribution is 5.53. The van der Waals surface area contributed by atoms with Gasteiger partial charge < -0.3 is 9.80 Å². The number of benzene rings is 1. The molecule has 0 aromatic heterocycles. The van der Waals surface area contributed by atoms with Gasteiger partial charge in [0.05, 0.1) is 6.67 Å². The molecular formula is C12H16N2. The van der Waals surface area contributed by atoms with E-state index in [9.17, 15) is 0 Å². The van der Waals surface area contributed by atoms with E-state index in [1.165, 1.54) is 16.8 Å². The summed E-state index contributed by atoms with van der Waals surface area (Å²) in [6.07, 6.45) is 4.21. The zero-order valence-electron chi connectivity index (χ0n) is 8.99. The molecule has 2 heteroatoms. The summed E-state index contributed by atoms with van der Waals surface area (Å²) in [4.78, 5) is 4.40. The van der Waals surface area contributed by atoms with Crippen LogP contribution < -0.4 is 4.90 Å². The quantitative estimate of drug-likeness (QED) is 0.668. The van der Waals surface area contributed by atoms with Crippen molar-refractivity contribution in [1.29, 1.82) is 0 Å². The molecule has 0 unspecified atom stereocenters. The first-order chi connectivity index (χ1) is 6.66. The Morgan fingerprint density at radius 1 is 1.07 bits per heavy atom. The van der Waals surface area contributed by atoms with Gasteiger partial charge in [-0.3, -0.25) is 0 Å². The van der Waals surface area contributed by atoms with E-state index in [1.54, 1.807) is 0 Å². The lowest BCUT2D eigenvalue weighted by molar-refractivity contribution is 0.495. The van der Waals surface area contributed by atoms with Crippen molar-refractivity contribution in [3.8, 4) is 0 Å². The van der Waals surface area contributed by atoms with Crippen LogP contribution in [-0.2, 0) is 0 Å². The molecule has 1 heterocycles. The fraction of sp³-hybridized carbons (Fsp3) is 0.333. The van der Waals surface area contributed by atoms with Gasteiger partial charge in [-0.25, -0.2) is 0 Å². The maximum absolute atomic E-state index is 2.24. The lowest BCUT2D eigenvalue weighted by atomic mass is 10.1. The summed E-state index contributed by atoms with van der Waals surface area (Å²) in [6, 6.07) is 6.58. The van der Waals surface area contributed by atoms with Gasteiger partial charge in [-0.05, 0) is 37.1 Å². The van der Waals surface area contributed by atoms with Crippen LogP contribution in [0.25, 0.3) is 0 Å². The van der Waals surface area contributed by atoms with Gasteiger partial charge in [0.15, 0.2) is 0 Å². The summed E-state index contributed by atoms with van der Waals surface area (Å²) >= 11 is 0. The molecule has 0 aliphatic carbocycles. The number of rotatable bonds is 1. The summed E-state index contributed by atoms with van der Waals surface area (Å²) in [5.74, 6) is 0. The maximum atomic E-state index is 2.24. The van der Waals surface area contributed by atoms with Gasteiger partial charge in [0.2, 0.25) is 0 Å². The van der Waals surface area contributed by atoms with Crippen molar-refractivity contribution in [3.05, 3.63) is 41.7 Å². The summed E-state index contributed by atoms with van der Waals surface area (Å²) in [5.41, 5.74) is 3.98. The molecule has 0 saturated heterocycles. The van der Waals surface area contributed by atoms with Crippen molar-refractivity contribution < 1.29 is 0 Å². The Morgan fingerprint density at radius 2 is 1.86 bits per heavy atom. The average Bonchev–Trinajstić information content (AvgIpc) is 2.57. The first-order valence-electron chi connectivity index (χ1n) is 4.89. The molecule has 0 amide bonds. The Bertz CT molecular complexity index is 369. The zero-order chi connectivity index (χ0) is 10.1. The molecule has 14 heavy (non-hydrogen) atoms. The van der Waals surface area contributed by atoms with Crippen LogP contribution >= 0.6 is 0 Å². The van der Waals surface area contributed by atoms with Gasteiger partial charge in [0.1, 0.15) is 0 Å². The van der Waals surface area contributed by atoms with Crippen molar-refractivity contribution in [2.45, 2.75) is 13.8 Å². The van der Waals surface area contributed by atoms with E-state index in [-0.39, 0.29) is 0 Å². The Morgan fingerprint density at radius 3 is 2.43 bits per heavy atom. The molecule has 0 N–H and O–H groups in total. The minimum Gasteiger partial charge on any atom is -0.361 e. The summed E-state index contributed by atoms with van der Waals surface area (Å²) in [6.45, 7) is 5.25. The van der Waals surface area contributed by atoms with Gasteiger partial charge in [0.25, 0.3) is 0 Å². The second kappa shape index (κ2) is 3.37. The van der Waals surface area contributed by atoms with Crippen molar-refractivity contribution in [2.75, 3.05) is 18.6 Å². The third-order valence-corrected chi connectivity index (χ3v) is 2.70. The van der Waals surface area contributed by atoms with Crippen molar-refractivity contribution in [1.82, 2.24) is 4.90 Å². The number of hydrogen-bond acceptors (Lipinski definition) is 2. The summed E-state index contributed by atoms with van der Waals surface area (Å²) in [7, 11) is 2.08. The smallest absolute Gasteiger partial charge is 0.0938 e. The van der Waals surface area contributed by atoms with Crippen molar-refractivity contribution in [3.63, 3.8) is 0 Å².